The molecule has 3 nitrogen and oxygen atoms in total. The van der Waals surface area contributed by atoms with Crippen LogP contribution in [-0.4, -0.2) is 61.7 Å². The molecule has 1 saturated carbocycles. The molecule has 0 bridgehead atoms. The van der Waals surface area contributed by atoms with Gasteiger partial charge in [-0.2, -0.15) is 0 Å². The van der Waals surface area contributed by atoms with E-state index >= 15 is 0 Å². The molecule has 1 aliphatic heterocycles. The van der Waals surface area contributed by atoms with Crippen molar-refractivity contribution in [3.63, 3.8) is 0 Å². The summed E-state index contributed by atoms with van der Waals surface area (Å²) in [6.45, 7) is 13.3. The van der Waals surface area contributed by atoms with Crippen LogP contribution in [0.5, 0.6) is 0 Å². The SMILES string of the molecule is CCCC1CCC(NC)C(CN2CCN(C(C)C)CC2)C1. The first-order chi connectivity index (χ1) is 10.1. The molecule has 3 heteroatoms. The van der Waals surface area contributed by atoms with Crippen molar-refractivity contribution in [1.82, 2.24) is 15.1 Å². The molecule has 0 amide bonds. The van der Waals surface area contributed by atoms with Gasteiger partial charge in [0, 0.05) is 44.8 Å². The maximum absolute atomic E-state index is 3.60. The Morgan fingerprint density at radius 1 is 1.10 bits per heavy atom. The molecular formula is C18H37N3. The van der Waals surface area contributed by atoms with Gasteiger partial charge in [0.15, 0.2) is 0 Å². The van der Waals surface area contributed by atoms with Crippen molar-refractivity contribution in [1.29, 1.82) is 0 Å². The molecule has 0 aromatic rings. The molecule has 0 aromatic carbocycles. The summed E-state index contributed by atoms with van der Waals surface area (Å²) in [6, 6.07) is 1.46. The standard InChI is InChI=1S/C18H37N3/c1-5-6-16-7-8-18(19-4)17(13-16)14-20-9-11-21(12-10-20)15(2)3/h15-19H,5-14H2,1-4H3. The molecular weight excluding hydrogens is 258 g/mol. The summed E-state index contributed by atoms with van der Waals surface area (Å²) in [7, 11) is 2.16. The molecule has 1 saturated heterocycles. The smallest absolute Gasteiger partial charge is 0.0113 e. The van der Waals surface area contributed by atoms with Gasteiger partial charge in [-0.25, -0.2) is 0 Å². The lowest BCUT2D eigenvalue weighted by Crippen LogP contribution is -2.52. The second-order valence-corrected chi connectivity index (χ2v) is 7.55. The van der Waals surface area contributed by atoms with E-state index in [-0.39, 0.29) is 0 Å². The Morgan fingerprint density at radius 2 is 1.81 bits per heavy atom. The molecule has 1 N–H and O–H groups in total. The Balaban J connectivity index is 1.82. The zero-order chi connectivity index (χ0) is 15.2. The van der Waals surface area contributed by atoms with Gasteiger partial charge in [0.25, 0.3) is 0 Å². The first-order valence-electron chi connectivity index (χ1n) is 9.27. The summed E-state index contributed by atoms with van der Waals surface area (Å²) in [4.78, 5) is 5.34. The van der Waals surface area contributed by atoms with Gasteiger partial charge < -0.3 is 10.2 Å². The number of hydrogen-bond donors (Lipinski definition) is 1. The predicted molar refractivity (Wildman–Crippen MR) is 91.7 cm³/mol. The zero-order valence-electron chi connectivity index (χ0n) is 14.8. The Kier molecular flexibility index (Phi) is 6.97. The first kappa shape index (κ1) is 17.2. The van der Waals surface area contributed by atoms with Gasteiger partial charge in [-0.15, -0.1) is 0 Å². The lowest BCUT2D eigenvalue weighted by molar-refractivity contribution is 0.0757. The van der Waals surface area contributed by atoms with Gasteiger partial charge in [0.2, 0.25) is 0 Å². The topological polar surface area (TPSA) is 18.5 Å². The molecule has 124 valence electrons. The van der Waals surface area contributed by atoms with Crippen molar-refractivity contribution < 1.29 is 0 Å². The number of nitrogens with zero attached hydrogens (tertiary/aromatic N) is 2. The molecule has 1 heterocycles. The Hall–Kier alpha value is -0.120. The summed E-state index contributed by atoms with van der Waals surface area (Å²) >= 11 is 0. The average molecular weight is 296 g/mol. The van der Waals surface area contributed by atoms with Crippen molar-refractivity contribution in [3.8, 4) is 0 Å². The number of hydrogen-bond acceptors (Lipinski definition) is 3. The fourth-order valence-electron chi connectivity index (χ4n) is 4.41. The second-order valence-electron chi connectivity index (χ2n) is 7.55. The molecule has 2 fully saturated rings. The molecule has 0 radical (unpaired) electrons. The van der Waals surface area contributed by atoms with Crippen LogP contribution < -0.4 is 5.32 Å². The number of rotatable bonds is 6. The van der Waals surface area contributed by atoms with E-state index in [1.165, 1.54) is 64.8 Å². The highest BCUT2D eigenvalue weighted by Gasteiger charge is 2.31. The van der Waals surface area contributed by atoms with E-state index in [1.807, 2.05) is 0 Å². The van der Waals surface area contributed by atoms with Gasteiger partial charge >= 0.3 is 0 Å². The molecule has 3 unspecified atom stereocenters. The molecule has 3 atom stereocenters. The molecule has 21 heavy (non-hydrogen) atoms. The van der Waals surface area contributed by atoms with Crippen LogP contribution in [0.4, 0.5) is 0 Å². The van der Waals surface area contributed by atoms with Crippen molar-refractivity contribution >= 4 is 0 Å². The van der Waals surface area contributed by atoms with Crippen molar-refractivity contribution in [2.45, 2.75) is 65.0 Å². The van der Waals surface area contributed by atoms with Crippen LogP contribution in [0, 0.1) is 11.8 Å². The van der Waals surface area contributed by atoms with Crippen LogP contribution in [0.3, 0.4) is 0 Å². The van der Waals surface area contributed by atoms with E-state index in [2.05, 4.69) is 42.9 Å². The first-order valence-corrected chi connectivity index (χ1v) is 9.27. The fraction of sp³-hybridized carbons (Fsp3) is 1.00. The number of nitrogens with one attached hydrogen (secondary N) is 1. The van der Waals surface area contributed by atoms with Gasteiger partial charge in [-0.05, 0) is 52.0 Å². The van der Waals surface area contributed by atoms with E-state index in [9.17, 15) is 0 Å². The highest BCUT2D eigenvalue weighted by atomic mass is 15.3. The van der Waals surface area contributed by atoms with Crippen molar-refractivity contribution in [2.24, 2.45) is 11.8 Å². The Labute approximate surface area is 132 Å². The van der Waals surface area contributed by atoms with Crippen molar-refractivity contribution in [2.75, 3.05) is 39.8 Å². The molecule has 2 aliphatic rings. The van der Waals surface area contributed by atoms with Crippen molar-refractivity contribution in [3.05, 3.63) is 0 Å². The van der Waals surface area contributed by atoms with E-state index < -0.39 is 0 Å². The molecule has 0 spiro atoms. The zero-order valence-corrected chi connectivity index (χ0v) is 14.8. The summed E-state index contributed by atoms with van der Waals surface area (Å²) in [6.07, 6.45) is 7.07. The lowest BCUT2D eigenvalue weighted by Gasteiger charge is -2.42. The third kappa shape index (κ3) is 4.94. The minimum atomic E-state index is 0.709. The fourth-order valence-corrected chi connectivity index (χ4v) is 4.41. The van der Waals surface area contributed by atoms with Gasteiger partial charge in [0.1, 0.15) is 0 Å². The summed E-state index contributed by atoms with van der Waals surface area (Å²) in [5.74, 6) is 1.85. The number of piperazine rings is 1. The molecule has 0 aromatic heterocycles. The summed E-state index contributed by atoms with van der Waals surface area (Å²) in [5, 5.41) is 3.60. The molecule has 1 aliphatic carbocycles. The van der Waals surface area contributed by atoms with Gasteiger partial charge in [0.05, 0.1) is 0 Å². The van der Waals surface area contributed by atoms with E-state index in [0.717, 1.165) is 17.9 Å². The largest absolute Gasteiger partial charge is 0.317 e. The Bertz CT molecular complexity index is 284. The van der Waals surface area contributed by atoms with E-state index in [4.69, 9.17) is 0 Å². The molecule has 2 rings (SSSR count). The highest BCUT2D eigenvalue weighted by Crippen LogP contribution is 2.32. The van der Waals surface area contributed by atoms with Gasteiger partial charge in [-0.1, -0.05) is 19.8 Å². The van der Waals surface area contributed by atoms with Crippen LogP contribution >= 0.6 is 0 Å². The van der Waals surface area contributed by atoms with E-state index in [1.54, 1.807) is 0 Å². The van der Waals surface area contributed by atoms with Crippen LogP contribution in [0.25, 0.3) is 0 Å². The van der Waals surface area contributed by atoms with Crippen LogP contribution in [0.15, 0.2) is 0 Å². The van der Waals surface area contributed by atoms with Crippen LogP contribution in [-0.2, 0) is 0 Å². The maximum Gasteiger partial charge on any atom is 0.0113 e. The minimum Gasteiger partial charge on any atom is -0.317 e. The summed E-state index contributed by atoms with van der Waals surface area (Å²) in [5.41, 5.74) is 0. The van der Waals surface area contributed by atoms with Crippen LogP contribution in [0.1, 0.15) is 52.9 Å². The Morgan fingerprint density at radius 3 is 2.38 bits per heavy atom. The monoisotopic (exact) mass is 295 g/mol. The average Bonchev–Trinajstić information content (AvgIpc) is 2.48. The maximum atomic E-state index is 3.60. The normalized spacial score (nSPS) is 32.7. The lowest BCUT2D eigenvalue weighted by atomic mass is 9.76. The predicted octanol–water partition coefficient (Wildman–Crippen LogP) is 2.82. The summed E-state index contributed by atoms with van der Waals surface area (Å²) < 4.78 is 0. The van der Waals surface area contributed by atoms with E-state index in [0.29, 0.717) is 6.04 Å². The van der Waals surface area contributed by atoms with Gasteiger partial charge in [-0.3, -0.25) is 4.90 Å². The highest BCUT2D eigenvalue weighted by molar-refractivity contribution is 4.87. The minimum absolute atomic E-state index is 0.709. The quantitative estimate of drug-likeness (QED) is 0.813. The third-order valence-corrected chi connectivity index (χ3v) is 5.79. The van der Waals surface area contributed by atoms with Crippen LogP contribution in [0.2, 0.25) is 0 Å². The third-order valence-electron chi connectivity index (χ3n) is 5.79. The second kappa shape index (κ2) is 8.50.